The number of allylic oxidation sites excluding steroid dienone is 1. The first-order chi connectivity index (χ1) is 14.2. The van der Waals surface area contributed by atoms with Crippen molar-refractivity contribution >= 4 is 11.9 Å². The van der Waals surface area contributed by atoms with E-state index in [1.807, 2.05) is 0 Å². The van der Waals surface area contributed by atoms with E-state index < -0.39 is 17.8 Å². The minimum atomic E-state index is -1.11. The van der Waals surface area contributed by atoms with Crippen LogP contribution >= 0.6 is 0 Å². The van der Waals surface area contributed by atoms with E-state index in [0.717, 1.165) is 19.3 Å². The molecule has 5 heteroatoms. The summed E-state index contributed by atoms with van der Waals surface area (Å²) in [6.07, 6.45) is 23.8. The number of unbranched alkanes of at least 4 members (excludes halogenated alkanes) is 11. The van der Waals surface area contributed by atoms with Crippen molar-refractivity contribution in [2.75, 3.05) is 6.61 Å². The smallest absolute Gasteiger partial charge is 0.550 e. The predicted octanol–water partition coefficient (Wildman–Crippen LogP) is 2.74. The monoisotopic (exact) mass is 430 g/mol. The van der Waals surface area contributed by atoms with Crippen LogP contribution in [0, 0.1) is 11.8 Å². The summed E-state index contributed by atoms with van der Waals surface area (Å²) in [5.74, 6) is -2.67. The maximum Gasteiger partial charge on any atom is 1.00 e. The molecule has 1 saturated carbocycles. The Morgan fingerprint density at radius 2 is 1.30 bits per heavy atom. The Hall–Kier alpha value is -0.320. The van der Waals surface area contributed by atoms with E-state index in [1.54, 1.807) is 0 Å². The maximum absolute atomic E-state index is 12.1. The van der Waals surface area contributed by atoms with E-state index in [1.165, 1.54) is 70.6 Å². The molecule has 0 saturated heterocycles. The van der Waals surface area contributed by atoms with Gasteiger partial charge in [-0.3, -0.25) is 4.79 Å². The zero-order valence-corrected chi connectivity index (χ0v) is 21.7. The Balaban J connectivity index is 0.00000841. The van der Waals surface area contributed by atoms with E-state index in [9.17, 15) is 14.7 Å². The number of carbonyl (C=O) groups is 2. The molecule has 0 aromatic rings. The van der Waals surface area contributed by atoms with Crippen LogP contribution in [0.4, 0.5) is 0 Å². The first kappa shape index (κ1) is 29.7. The molecular formula is C25H43NaO4. The van der Waals surface area contributed by atoms with Crippen molar-refractivity contribution in [3.8, 4) is 0 Å². The van der Waals surface area contributed by atoms with Crippen LogP contribution in [0.2, 0.25) is 0 Å². The molecule has 1 fully saturated rings. The van der Waals surface area contributed by atoms with Crippen LogP contribution in [0.15, 0.2) is 12.2 Å². The molecule has 1 aliphatic rings. The number of ether oxygens (including phenoxy) is 1. The first-order valence-corrected chi connectivity index (χ1v) is 12.2. The third-order valence-electron chi connectivity index (χ3n) is 6.04. The van der Waals surface area contributed by atoms with Crippen LogP contribution < -0.4 is 34.7 Å². The molecule has 0 N–H and O–H groups in total. The number of aliphatic carboxylic acids is 1. The summed E-state index contributed by atoms with van der Waals surface area (Å²) in [5, 5.41) is 11.2. The first-order valence-electron chi connectivity index (χ1n) is 12.2. The van der Waals surface area contributed by atoms with Gasteiger partial charge in [0.1, 0.15) is 0 Å². The fourth-order valence-electron chi connectivity index (χ4n) is 4.19. The standard InChI is InChI=1S/C25H44O4.Na/c1-2-3-4-5-6-7-8-9-10-11-12-13-14-15-18-21-29-25(28)23-20-17-16-19-22(23)24(26)27;/h14-15,22-23H,2-13,16-21H2,1H3,(H,26,27);/q;+1/p-1/b15-14+;. The van der Waals surface area contributed by atoms with Gasteiger partial charge in [-0.2, -0.15) is 0 Å². The third kappa shape index (κ3) is 14.6. The minimum absolute atomic E-state index is 0. The van der Waals surface area contributed by atoms with Gasteiger partial charge in [-0.25, -0.2) is 0 Å². The second-order valence-electron chi connectivity index (χ2n) is 8.57. The van der Waals surface area contributed by atoms with Gasteiger partial charge in [0.25, 0.3) is 0 Å². The Morgan fingerprint density at radius 3 is 1.87 bits per heavy atom. The fourth-order valence-corrected chi connectivity index (χ4v) is 4.19. The van der Waals surface area contributed by atoms with Crippen molar-refractivity contribution in [2.45, 2.75) is 116 Å². The summed E-state index contributed by atoms with van der Waals surface area (Å²) in [6.45, 7) is 2.60. The summed E-state index contributed by atoms with van der Waals surface area (Å²) in [6, 6.07) is 0. The zero-order valence-electron chi connectivity index (χ0n) is 19.7. The fraction of sp³-hybridized carbons (Fsp3) is 0.840. The Kier molecular flexibility index (Phi) is 20.4. The molecule has 4 nitrogen and oxygen atoms in total. The second-order valence-corrected chi connectivity index (χ2v) is 8.57. The molecule has 0 bridgehead atoms. The van der Waals surface area contributed by atoms with Crippen molar-refractivity contribution in [1.82, 2.24) is 0 Å². The Morgan fingerprint density at radius 1 is 0.800 bits per heavy atom. The van der Waals surface area contributed by atoms with Crippen molar-refractivity contribution in [3.05, 3.63) is 12.2 Å². The number of esters is 1. The Bertz CT molecular complexity index is 464. The zero-order chi connectivity index (χ0) is 21.2. The number of hydrogen-bond donors (Lipinski definition) is 0. The summed E-state index contributed by atoms with van der Waals surface area (Å²) in [5.41, 5.74) is 0. The molecule has 0 radical (unpaired) electrons. The van der Waals surface area contributed by atoms with Gasteiger partial charge in [0.05, 0.1) is 12.5 Å². The normalized spacial score (nSPS) is 18.8. The minimum Gasteiger partial charge on any atom is -0.550 e. The number of carboxylic acid groups (broad SMARTS) is 1. The molecule has 0 aromatic heterocycles. The van der Waals surface area contributed by atoms with Gasteiger partial charge in [-0.15, -0.1) is 0 Å². The van der Waals surface area contributed by atoms with Gasteiger partial charge in [0, 0.05) is 11.9 Å². The molecular weight excluding hydrogens is 387 g/mol. The molecule has 1 rings (SSSR count). The second kappa shape index (κ2) is 20.6. The molecule has 0 aromatic carbocycles. The van der Waals surface area contributed by atoms with Crippen LogP contribution in [0.1, 0.15) is 116 Å². The molecule has 0 aliphatic heterocycles. The van der Waals surface area contributed by atoms with Crippen molar-refractivity contribution < 1.29 is 49.0 Å². The van der Waals surface area contributed by atoms with E-state index in [2.05, 4.69) is 19.1 Å². The van der Waals surface area contributed by atoms with E-state index in [-0.39, 0.29) is 35.5 Å². The third-order valence-corrected chi connectivity index (χ3v) is 6.04. The molecule has 0 spiro atoms. The van der Waals surface area contributed by atoms with Gasteiger partial charge >= 0.3 is 35.5 Å². The number of rotatable bonds is 17. The summed E-state index contributed by atoms with van der Waals surface area (Å²) in [4.78, 5) is 23.3. The van der Waals surface area contributed by atoms with Crippen LogP contribution in [0.3, 0.4) is 0 Å². The van der Waals surface area contributed by atoms with Gasteiger partial charge < -0.3 is 14.6 Å². The van der Waals surface area contributed by atoms with Crippen molar-refractivity contribution in [3.63, 3.8) is 0 Å². The molecule has 168 valence electrons. The summed E-state index contributed by atoms with van der Waals surface area (Å²) < 4.78 is 5.29. The predicted molar refractivity (Wildman–Crippen MR) is 116 cm³/mol. The molecule has 2 unspecified atom stereocenters. The van der Waals surface area contributed by atoms with Gasteiger partial charge in [-0.05, 0) is 32.1 Å². The quantitative estimate of drug-likeness (QED) is 0.154. The van der Waals surface area contributed by atoms with Crippen molar-refractivity contribution in [1.29, 1.82) is 0 Å². The molecule has 2 atom stereocenters. The maximum atomic E-state index is 12.1. The number of hydrogen-bond acceptors (Lipinski definition) is 4. The summed E-state index contributed by atoms with van der Waals surface area (Å²) in [7, 11) is 0. The Labute approximate surface area is 206 Å². The van der Waals surface area contributed by atoms with E-state index >= 15 is 0 Å². The molecule has 1 aliphatic carbocycles. The summed E-state index contributed by atoms with van der Waals surface area (Å²) >= 11 is 0. The van der Waals surface area contributed by atoms with E-state index in [4.69, 9.17) is 4.74 Å². The van der Waals surface area contributed by atoms with Crippen LogP contribution in [-0.4, -0.2) is 18.5 Å². The van der Waals surface area contributed by atoms with Gasteiger partial charge in [-0.1, -0.05) is 96.1 Å². The molecule has 0 amide bonds. The average molecular weight is 431 g/mol. The van der Waals surface area contributed by atoms with Crippen molar-refractivity contribution in [2.24, 2.45) is 11.8 Å². The topological polar surface area (TPSA) is 66.4 Å². The van der Waals surface area contributed by atoms with Crippen LogP contribution in [0.25, 0.3) is 0 Å². The van der Waals surface area contributed by atoms with Crippen LogP contribution in [0.5, 0.6) is 0 Å². The largest absolute Gasteiger partial charge is 1.00 e. The molecule has 30 heavy (non-hydrogen) atoms. The number of carboxylic acids is 1. The average Bonchev–Trinajstić information content (AvgIpc) is 2.73. The SMILES string of the molecule is CCCCCCCCCCCCC/C=C/CCOC(=O)C1CCCCC1C(=O)[O-].[Na+]. The van der Waals surface area contributed by atoms with E-state index in [0.29, 0.717) is 25.9 Å². The van der Waals surface area contributed by atoms with Gasteiger partial charge in [0.2, 0.25) is 0 Å². The van der Waals surface area contributed by atoms with Crippen LogP contribution in [-0.2, 0) is 14.3 Å². The number of carbonyl (C=O) groups excluding carboxylic acids is 2. The van der Waals surface area contributed by atoms with Gasteiger partial charge in [0.15, 0.2) is 0 Å². The molecule has 0 heterocycles.